The molecule has 1 aromatic heterocycles. The molecule has 7 heteroatoms. The van der Waals surface area contributed by atoms with Crippen LogP contribution in [0.15, 0.2) is 11.2 Å². The molecule has 0 aromatic carbocycles. The van der Waals surface area contributed by atoms with E-state index in [1.54, 1.807) is 14.0 Å². The summed E-state index contributed by atoms with van der Waals surface area (Å²) in [5, 5.41) is 14.5. The Kier molecular flexibility index (Phi) is 3.72. The average Bonchev–Trinajstić information content (AvgIpc) is 2.86. The Labute approximate surface area is 114 Å². The number of likely N-dealkylation sites (N-methyl/N-ethyl adjacent to an activating group) is 1. The van der Waals surface area contributed by atoms with Crippen LogP contribution in [-0.4, -0.2) is 46.8 Å². The van der Waals surface area contributed by atoms with E-state index in [0.717, 1.165) is 12.8 Å². The van der Waals surface area contributed by atoms with Gasteiger partial charge < -0.3 is 5.11 Å². The lowest BCUT2D eigenvalue weighted by atomic mass is 10.0. The molecule has 0 amide bonds. The van der Waals surface area contributed by atoms with Crippen LogP contribution >= 0.6 is 0 Å². The zero-order chi connectivity index (χ0) is 14.3. The van der Waals surface area contributed by atoms with Gasteiger partial charge >= 0.3 is 0 Å². The first-order chi connectivity index (χ1) is 8.76. The van der Waals surface area contributed by atoms with E-state index in [0.29, 0.717) is 18.4 Å². The average molecular weight is 287 g/mol. The van der Waals surface area contributed by atoms with E-state index < -0.39 is 15.6 Å². The first-order valence-corrected chi connectivity index (χ1v) is 7.88. The molecule has 1 aliphatic rings. The summed E-state index contributed by atoms with van der Waals surface area (Å²) in [6.45, 7) is 1.86. The van der Waals surface area contributed by atoms with Crippen molar-refractivity contribution in [1.29, 1.82) is 0 Å². The lowest BCUT2D eigenvalue weighted by molar-refractivity contribution is 0.0332. The fraction of sp³-hybridized carbons (Fsp3) is 0.750. The summed E-state index contributed by atoms with van der Waals surface area (Å²) in [7, 11) is -0.488. The minimum Gasteiger partial charge on any atom is -0.389 e. The molecule has 6 nitrogen and oxygen atoms in total. The van der Waals surface area contributed by atoms with Crippen molar-refractivity contribution in [1.82, 2.24) is 14.1 Å². The maximum atomic E-state index is 12.5. The van der Waals surface area contributed by atoms with Crippen LogP contribution in [0.3, 0.4) is 0 Å². The topological polar surface area (TPSA) is 75.4 Å². The first kappa shape index (κ1) is 14.5. The highest BCUT2D eigenvalue weighted by molar-refractivity contribution is 7.89. The van der Waals surface area contributed by atoms with Crippen LogP contribution < -0.4 is 0 Å². The van der Waals surface area contributed by atoms with Gasteiger partial charge in [0.1, 0.15) is 0 Å². The summed E-state index contributed by atoms with van der Waals surface area (Å²) in [4.78, 5) is 0. The summed E-state index contributed by atoms with van der Waals surface area (Å²) < 4.78 is 27.6. The number of sulfonamides is 1. The zero-order valence-corrected chi connectivity index (χ0v) is 12.4. The Balaban J connectivity index is 2.25. The molecule has 1 aromatic rings. The van der Waals surface area contributed by atoms with Crippen LogP contribution in [-0.2, 0) is 17.1 Å². The minimum absolute atomic E-state index is 0.139. The van der Waals surface area contributed by atoms with Crippen molar-refractivity contribution in [3.63, 3.8) is 0 Å². The summed E-state index contributed by atoms with van der Waals surface area (Å²) in [6.07, 6.45) is 4.77. The molecule has 1 N–H and O–H groups in total. The maximum Gasteiger partial charge on any atom is 0.260 e. The second-order valence-electron chi connectivity index (χ2n) is 5.45. The fourth-order valence-corrected chi connectivity index (χ4v) is 4.29. The largest absolute Gasteiger partial charge is 0.389 e. The Bertz CT molecular complexity index is 539. The molecule has 0 aliphatic heterocycles. The molecule has 0 unspecified atom stereocenters. The van der Waals surface area contributed by atoms with Crippen LogP contribution in [0.4, 0.5) is 0 Å². The van der Waals surface area contributed by atoms with Gasteiger partial charge in [0, 0.05) is 26.2 Å². The van der Waals surface area contributed by atoms with Gasteiger partial charge in [0.25, 0.3) is 10.0 Å². The highest BCUT2D eigenvalue weighted by atomic mass is 32.2. The van der Waals surface area contributed by atoms with Gasteiger partial charge in [-0.2, -0.15) is 9.40 Å². The number of rotatable bonds is 4. The van der Waals surface area contributed by atoms with Gasteiger partial charge in [-0.25, -0.2) is 8.42 Å². The van der Waals surface area contributed by atoms with E-state index in [9.17, 15) is 13.5 Å². The van der Waals surface area contributed by atoms with E-state index >= 15 is 0 Å². The Morgan fingerprint density at radius 2 is 2.05 bits per heavy atom. The van der Waals surface area contributed by atoms with Gasteiger partial charge in [0.05, 0.1) is 11.8 Å². The highest BCUT2D eigenvalue weighted by Gasteiger charge is 2.37. The SMILES string of the molecule is Cc1cnn(C)c1S(=O)(=O)N(C)CC1(O)CCCC1. The van der Waals surface area contributed by atoms with Gasteiger partial charge in [0.2, 0.25) is 0 Å². The maximum absolute atomic E-state index is 12.5. The van der Waals surface area contributed by atoms with Crippen molar-refractivity contribution < 1.29 is 13.5 Å². The van der Waals surface area contributed by atoms with E-state index in [2.05, 4.69) is 5.10 Å². The number of aromatic nitrogens is 2. The molecule has 0 spiro atoms. The molecule has 1 heterocycles. The zero-order valence-electron chi connectivity index (χ0n) is 11.6. The number of aliphatic hydroxyl groups is 1. The van der Waals surface area contributed by atoms with E-state index in [1.165, 1.54) is 22.2 Å². The molecule has 1 fully saturated rings. The molecule has 19 heavy (non-hydrogen) atoms. The summed E-state index contributed by atoms with van der Waals surface area (Å²) in [6, 6.07) is 0. The molecule has 108 valence electrons. The summed E-state index contributed by atoms with van der Waals surface area (Å²) in [5.74, 6) is 0. The van der Waals surface area contributed by atoms with Crippen LogP contribution in [0, 0.1) is 6.92 Å². The standard InChI is InChI=1S/C12H21N3O3S/c1-10-8-13-15(3)11(10)19(17,18)14(2)9-12(16)6-4-5-7-12/h8,16H,4-7,9H2,1-3H3. The summed E-state index contributed by atoms with van der Waals surface area (Å²) >= 11 is 0. The number of nitrogens with zero attached hydrogens (tertiary/aromatic N) is 3. The lowest BCUT2D eigenvalue weighted by Crippen LogP contribution is -2.42. The summed E-state index contributed by atoms with van der Waals surface area (Å²) in [5.41, 5.74) is -0.262. The fourth-order valence-electron chi connectivity index (χ4n) is 2.74. The molecular formula is C12H21N3O3S. The number of aryl methyl sites for hydroxylation is 2. The van der Waals surface area contributed by atoms with Crippen molar-refractivity contribution in [3.8, 4) is 0 Å². The predicted molar refractivity (Wildman–Crippen MR) is 71.2 cm³/mol. The third kappa shape index (κ3) is 2.68. The Hall–Kier alpha value is -0.920. The van der Waals surface area contributed by atoms with Crippen molar-refractivity contribution in [2.24, 2.45) is 7.05 Å². The minimum atomic E-state index is -3.61. The van der Waals surface area contributed by atoms with Crippen molar-refractivity contribution >= 4 is 10.0 Å². The first-order valence-electron chi connectivity index (χ1n) is 6.44. The molecule has 0 saturated heterocycles. The third-order valence-electron chi connectivity index (χ3n) is 3.76. The quantitative estimate of drug-likeness (QED) is 0.882. The van der Waals surface area contributed by atoms with Crippen molar-refractivity contribution in [3.05, 3.63) is 11.8 Å². The number of hydrogen-bond donors (Lipinski definition) is 1. The van der Waals surface area contributed by atoms with Gasteiger partial charge in [-0.1, -0.05) is 12.8 Å². The smallest absolute Gasteiger partial charge is 0.260 e. The van der Waals surface area contributed by atoms with E-state index in [4.69, 9.17) is 0 Å². The third-order valence-corrected chi connectivity index (χ3v) is 5.79. The molecule has 0 bridgehead atoms. The van der Waals surface area contributed by atoms with Crippen LogP contribution in [0.25, 0.3) is 0 Å². The Morgan fingerprint density at radius 1 is 1.47 bits per heavy atom. The lowest BCUT2D eigenvalue weighted by Gasteiger charge is -2.28. The second kappa shape index (κ2) is 4.88. The van der Waals surface area contributed by atoms with Gasteiger partial charge in [-0.15, -0.1) is 0 Å². The van der Waals surface area contributed by atoms with Gasteiger partial charge in [0.15, 0.2) is 5.03 Å². The molecular weight excluding hydrogens is 266 g/mol. The van der Waals surface area contributed by atoms with Crippen LogP contribution in [0.1, 0.15) is 31.2 Å². The van der Waals surface area contributed by atoms with Crippen LogP contribution in [0.2, 0.25) is 0 Å². The molecule has 1 saturated carbocycles. The van der Waals surface area contributed by atoms with Crippen molar-refractivity contribution in [2.45, 2.75) is 43.2 Å². The van der Waals surface area contributed by atoms with Crippen molar-refractivity contribution in [2.75, 3.05) is 13.6 Å². The Morgan fingerprint density at radius 3 is 2.53 bits per heavy atom. The van der Waals surface area contributed by atoms with E-state index in [-0.39, 0.29) is 11.6 Å². The molecule has 1 aliphatic carbocycles. The molecule has 0 radical (unpaired) electrons. The normalized spacial score (nSPS) is 19.2. The monoisotopic (exact) mass is 287 g/mol. The second-order valence-corrected chi connectivity index (χ2v) is 7.41. The highest BCUT2D eigenvalue weighted by Crippen LogP contribution is 2.31. The molecule has 0 atom stereocenters. The van der Waals surface area contributed by atoms with Gasteiger partial charge in [-0.05, 0) is 19.8 Å². The van der Waals surface area contributed by atoms with Crippen LogP contribution in [0.5, 0.6) is 0 Å². The molecule has 2 rings (SSSR count). The van der Waals surface area contributed by atoms with Gasteiger partial charge in [-0.3, -0.25) is 4.68 Å². The van der Waals surface area contributed by atoms with E-state index in [1.807, 2.05) is 0 Å². The number of hydrogen-bond acceptors (Lipinski definition) is 4. The predicted octanol–water partition coefficient (Wildman–Crippen LogP) is 0.654.